The number of carbonyl (C=O) groups excluding carboxylic acids is 2. The highest BCUT2D eigenvalue weighted by molar-refractivity contribution is 7.09. The van der Waals surface area contributed by atoms with Crippen molar-refractivity contribution in [1.29, 1.82) is 0 Å². The maximum atomic E-state index is 12.0. The van der Waals surface area contributed by atoms with Gasteiger partial charge in [0, 0.05) is 11.3 Å². The van der Waals surface area contributed by atoms with E-state index in [1.165, 1.54) is 0 Å². The van der Waals surface area contributed by atoms with E-state index >= 15 is 0 Å². The Balaban J connectivity index is 1.77. The van der Waals surface area contributed by atoms with Crippen LogP contribution >= 0.6 is 11.3 Å². The Kier molecular flexibility index (Phi) is 6.37. The molecule has 5 nitrogen and oxygen atoms in total. The molecule has 1 unspecified atom stereocenters. The molecule has 0 fully saturated rings. The Hall–Kier alpha value is -2.34. The number of nitrogens with one attached hydrogen (secondary N) is 2. The van der Waals surface area contributed by atoms with E-state index in [0.717, 1.165) is 16.0 Å². The fourth-order valence-corrected chi connectivity index (χ4v) is 2.79. The molecule has 0 saturated heterocycles. The average Bonchev–Trinajstić information content (AvgIpc) is 3.08. The zero-order valence-corrected chi connectivity index (χ0v) is 14.9. The van der Waals surface area contributed by atoms with Gasteiger partial charge >= 0.3 is 0 Å². The molecule has 0 aliphatic carbocycles. The molecule has 0 aliphatic rings. The molecule has 24 heavy (non-hydrogen) atoms. The molecule has 1 aromatic heterocycles. The Labute approximate surface area is 146 Å². The zero-order valence-electron chi connectivity index (χ0n) is 14.1. The smallest absolute Gasteiger partial charge is 0.279 e. The van der Waals surface area contributed by atoms with Crippen LogP contribution in [-0.4, -0.2) is 17.9 Å². The molecule has 0 saturated carbocycles. The van der Waals surface area contributed by atoms with Gasteiger partial charge < -0.3 is 4.74 Å². The third-order valence-corrected chi connectivity index (χ3v) is 4.67. The molecule has 2 N–H and O–H groups in total. The van der Waals surface area contributed by atoms with Crippen LogP contribution in [0.5, 0.6) is 5.75 Å². The summed E-state index contributed by atoms with van der Waals surface area (Å²) in [6.45, 7) is 5.58. The monoisotopic (exact) mass is 346 g/mol. The van der Waals surface area contributed by atoms with E-state index in [1.807, 2.05) is 49.6 Å². The van der Waals surface area contributed by atoms with Crippen LogP contribution in [0.4, 0.5) is 0 Å². The number of thiophene rings is 1. The van der Waals surface area contributed by atoms with Crippen molar-refractivity contribution in [3.8, 4) is 5.75 Å². The molecule has 6 heteroatoms. The SMILES string of the molecule is Cc1cccc(OC(C)C(=O)NNC(=O)CCc2cccs2)c1C. The van der Waals surface area contributed by atoms with E-state index in [-0.39, 0.29) is 11.8 Å². The molecule has 0 radical (unpaired) electrons. The van der Waals surface area contributed by atoms with Gasteiger partial charge in [-0.3, -0.25) is 20.4 Å². The maximum Gasteiger partial charge on any atom is 0.279 e. The van der Waals surface area contributed by atoms with Crippen LogP contribution < -0.4 is 15.6 Å². The zero-order chi connectivity index (χ0) is 17.5. The van der Waals surface area contributed by atoms with Gasteiger partial charge in [-0.15, -0.1) is 11.3 Å². The van der Waals surface area contributed by atoms with Crippen LogP contribution in [0.25, 0.3) is 0 Å². The largest absolute Gasteiger partial charge is 0.481 e. The van der Waals surface area contributed by atoms with Crippen molar-refractivity contribution in [2.24, 2.45) is 0 Å². The number of hydrogen-bond acceptors (Lipinski definition) is 4. The van der Waals surface area contributed by atoms with Crippen LogP contribution in [0, 0.1) is 13.8 Å². The minimum absolute atomic E-state index is 0.226. The Morgan fingerprint density at radius 3 is 2.67 bits per heavy atom. The second kappa shape index (κ2) is 8.49. The summed E-state index contributed by atoms with van der Waals surface area (Å²) in [7, 11) is 0. The van der Waals surface area contributed by atoms with Gasteiger partial charge in [-0.05, 0) is 55.8 Å². The van der Waals surface area contributed by atoms with Gasteiger partial charge in [-0.1, -0.05) is 18.2 Å². The number of hydrogen-bond donors (Lipinski definition) is 2. The van der Waals surface area contributed by atoms with Crippen molar-refractivity contribution >= 4 is 23.2 Å². The summed E-state index contributed by atoms with van der Waals surface area (Å²) in [6.07, 6.45) is 0.282. The van der Waals surface area contributed by atoms with Crippen LogP contribution in [0.1, 0.15) is 29.3 Å². The van der Waals surface area contributed by atoms with Crippen molar-refractivity contribution < 1.29 is 14.3 Å². The normalized spacial score (nSPS) is 11.6. The van der Waals surface area contributed by atoms with E-state index < -0.39 is 6.10 Å². The lowest BCUT2D eigenvalue weighted by Crippen LogP contribution is -2.47. The molecule has 128 valence electrons. The van der Waals surface area contributed by atoms with Crippen LogP contribution in [0.2, 0.25) is 0 Å². The first kappa shape index (κ1) is 18.0. The van der Waals surface area contributed by atoms with E-state index in [1.54, 1.807) is 18.3 Å². The molecule has 1 aromatic carbocycles. The summed E-state index contributed by atoms with van der Waals surface area (Å²) in [6, 6.07) is 9.63. The van der Waals surface area contributed by atoms with Gasteiger partial charge in [0.2, 0.25) is 5.91 Å². The topological polar surface area (TPSA) is 67.4 Å². The number of aryl methyl sites for hydroxylation is 2. The lowest BCUT2D eigenvalue weighted by molar-refractivity contribution is -0.132. The highest BCUT2D eigenvalue weighted by Crippen LogP contribution is 2.21. The summed E-state index contributed by atoms with van der Waals surface area (Å²) < 4.78 is 5.68. The molecule has 2 aromatic rings. The fourth-order valence-electron chi connectivity index (χ4n) is 2.08. The summed E-state index contributed by atoms with van der Waals surface area (Å²) in [5, 5.41) is 1.97. The third-order valence-electron chi connectivity index (χ3n) is 3.73. The molecule has 0 aliphatic heterocycles. The van der Waals surface area contributed by atoms with Gasteiger partial charge in [0.15, 0.2) is 6.10 Å². The highest BCUT2D eigenvalue weighted by atomic mass is 32.1. The van der Waals surface area contributed by atoms with E-state index in [0.29, 0.717) is 18.6 Å². The fraction of sp³-hybridized carbons (Fsp3) is 0.333. The van der Waals surface area contributed by atoms with E-state index in [4.69, 9.17) is 4.74 Å². The van der Waals surface area contributed by atoms with Gasteiger partial charge in [0.25, 0.3) is 5.91 Å². The Bertz CT molecular complexity index is 698. The van der Waals surface area contributed by atoms with Crippen molar-refractivity contribution in [1.82, 2.24) is 10.9 Å². The summed E-state index contributed by atoms with van der Waals surface area (Å²) in [5.41, 5.74) is 6.93. The molecular weight excluding hydrogens is 324 g/mol. The van der Waals surface area contributed by atoms with Gasteiger partial charge in [-0.2, -0.15) is 0 Å². The number of hydrazine groups is 1. The van der Waals surface area contributed by atoms with Crippen LogP contribution in [-0.2, 0) is 16.0 Å². The summed E-state index contributed by atoms with van der Waals surface area (Å²) >= 11 is 1.61. The molecule has 2 amide bonds. The molecule has 2 rings (SSSR count). The predicted molar refractivity (Wildman–Crippen MR) is 94.9 cm³/mol. The van der Waals surface area contributed by atoms with Gasteiger partial charge in [0.05, 0.1) is 0 Å². The minimum Gasteiger partial charge on any atom is -0.481 e. The number of ether oxygens (including phenoxy) is 1. The number of benzene rings is 1. The van der Waals surface area contributed by atoms with E-state index in [2.05, 4.69) is 10.9 Å². The molecular formula is C18H22N2O3S. The van der Waals surface area contributed by atoms with Gasteiger partial charge in [-0.25, -0.2) is 0 Å². The minimum atomic E-state index is -0.705. The van der Waals surface area contributed by atoms with Crippen LogP contribution in [0.15, 0.2) is 35.7 Å². The van der Waals surface area contributed by atoms with E-state index in [9.17, 15) is 9.59 Å². The first-order valence-corrected chi connectivity index (χ1v) is 8.69. The molecule has 1 heterocycles. The quantitative estimate of drug-likeness (QED) is 0.790. The molecule has 0 bridgehead atoms. The molecule has 0 spiro atoms. The van der Waals surface area contributed by atoms with Crippen molar-refractivity contribution in [3.63, 3.8) is 0 Å². The first-order chi connectivity index (χ1) is 11.5. The lowest BCUT2D eigenvalue weighted by Gasteiger charge is -2.17. The number of rotatable bonds is 6. The van der Waals surface area contributed by atoms with Crippen molar-refractivity contribution in [3.05, 3.63) is 51.7 Å². The Morgan fingerprint density at radius 1 is 1.17 bits per heavy atom. The van der Waals surface area contributed by atoms with Crippen molar-refractivity contribution in [2.45, 2.75) is 39.7 Å². The lowest BCUT2D eigenvalue weighted by atomic mass is 10.1. The summed E-state index contributed by atoms with van der Waals surface area (Å²) in [5.74, 6) is 0.0535. The number of carbonyl (C=O) groups is 2. The van der Waals surface area contributed by atoms with Crippen molar-refractivity contribution in [2.75, 3.05) is 0 Å². The van der Waals surface area contributed by atoms with Gasteiger partial charge in [0.1, 0.15) is 5.75 Å². The standard InChI is InChI=1S/C18H22N2O3S/c1-12-6-4-8-16(13(12)2)23-14(3)18(22)20-19-17(21)10-9-15-7-5-11-24-15/h4-8,11,14H,9-10H2,1-3H3,(H,19,21)(H,20,22). The number of amides is 2. The third kappa shape index (κ3) is 5.09. The average molecular weight is 346 g/mol. The maximum absolute atomic E-state index is 12.0. The second-order valence-electron chi connectivity index (χ2n) is 5.57. The second-order valence-corrected chi connectivity index (χ2v) is 6.61. The Morgan fingerprint density at radius 2 is 1.96 bits per heavy atom. The predicted octanol–water partition coefficient (Wildman–Crippen LogP) is 2.91. The molecule has 1 atom stereocenters. The summed E-state index contributed by atoms with van der Waals surface area (Å²) in [4.78, 5) is 24.9. The van der Waals surface area contributed by atoms with Crippen LogP contribution in [0.3, 0.4) is 0 Å². The highest BCUT2D eigenvalue weighted by Gasteiger charge is 2.16. The first-order valence-electron chi connectivity index (χ1n) is 7.81.